The zero-order chi connectivity index (χ0) is 14.7. The number of hydrogen-bond donors (Lipinski definition) is 1. The Morgan fingerprint density at radius 2 is 2.00 bits per heavy atom. The number of anilines is 1. The average Bonchev–Trinajstić information content (AvgIpc) is 2.93. The van der Waals surface area contributed by atoms with Gasteiger partial charge in [-0.15, -0.1) is 0 Å². The van der Waals surface area contributed by atoms with Crippen molar-refractivity contribution in [3.8, 4) is 0 Å². The first-order valence-corrected chi connectivity index (χ1v) is 7.00. The number of nitrogens with two attached hydrogens (primary N) is 1. The first-order chi connectivity index (χ1) is 10.3. The molecule has 1 aromatic carbocycles. The Morgan fingerprint density at radius 3 is 2.67 bits per heavy atom. The summed E-state index contributed by atoms with van der Waals surface area (Å²) in [6.45, 7) is 0.574. The molecule has 1 aliphatic rings. The molecule has 0 bridgehead atoms. The van der Waals surface area contributed by atoms with Crippen molar-refractivity contribution in [3.63, 3.8) is 0 Å². The van der Waals surface area contributed by atoms with Crippen LogP contribution in [0.25, 0.3) is 0 Å². The molecule has 0 fully saturated rings. The molecule has 108 valence electrons. The number of halogens is 1. The molecule has 2 N–H and O–H groups in total. The van der Waals surface area contributed by atoms with Gasteiger partial charge in [0.15, 0.2) is 0 Å². The Labute approximate surface area is 123 Å². The van der Waals surface area contributed by atoms with Gasteiger partial charge < -0.3 is 5.73 Å². The maximum absolute atomic E-state index is 13.1. The Hall–Kier alpha value is -2.27. The predicted molar refractivity (Wildman–Crippen MR) is 81.6 cm³/mol. The Kier molecular flexibility index (Phi) is 3.92. The van der Waals surface area contributed by atoms with Crippen LogP contribution in [0.3, 0.4) is 0 Å². The minimum atomic E-state index is -0.232. The van der Waals surface area contributed by atoms with Crippen LogP contribution in [0.5, 0.6) is 0 Å². The molecule has 1 aliphatic heterocycles. The van der Waals surface area contributed by atoms with E-state index >= 15 is 0 Å². The zero-order valence-electron chi connectivity index (χ0n) is 11.6. The van der Waals surface area contributed by atoms with E-state index in [1.165, 1.54) is 12.1 Å². The second kappa shape index (κ2) is 6.01. The Balaban J connectivity index is 1.93. The normalized spacial score (nSPS) is 17.9. The van der Waals surface area contributed by atoms with Crippen LogP contribution >= 0.6 is 0 Å². The summed E-state index contributed by atoms with van der Waals surface area (Å²) in [5.74, 6) is 0.558. The quantitative estimate of drug-likeness (QED) is 0.939. The van der Waals surface area contributed by atoms with Gasteiger partial charge in [0.2, 0.25) is 0 Å². The van der Waals surface area contributed by atoms with Crippen molar-refractivity contribution in [2.45, 2.75) is 18.9 Å². The summed E-state index contributed by atoms with van der Waals surface area (Å²) in [6.07, 6.45) is 3.30. The average molecular weight is 284 g/mol. The van der Waals surface area contributed by atoms with E-state index in [2.05, 4.69) is 10.1 Å². The number of pyridine rings is 1. The third-order valence-corrected chi connectivity index (χ3v) is 3.55. The number of nitrogens with zero attached hydrogens (tertiary/aromatic N) is 3. The van der Waals surface area contributed by atoms with Gasteiger partial charge in [-0.1, -0.05) is 18.2 Å². The molecular formula is C16H17FN4. The van der Waals surface area contributed by atoms with E-state index in [1.807, 2.05) is 23.2 Å². The number of aromatic nitrogens is 1. The highest BCUT2D eigenvalue weighted by molar-refractivity contribution is 5.88. The van der Waals surface area contributed by atoms with Gasteiger partial charge in [0.05, 0.1) is 6.04 Å². The molecule has 0 spiro atoms. The van der Waals surface area contributed by atoms with Gasteiger partial charge in [-0.3, -0.25) is 0 Å². The molecule has 2 aromatic rings. The number of hydrazone groups is 1. The molecule has 3 rings (SSSR count). The van der Waals surface area contributed by atoms with E-state index in [4.69, 9.17) is 5.73 Å². The molecule has 2 heterocycles. The maximum atomic E-state index is 13.1. The van der Waals surface area contributed by atoms with Crippen LogP contribution in [0.1, 0.15) is 24.4 Å². The van der Waals surface area contributed by atoms with Crippen molar-refractivity contribution >= 4 is 11.5 Å². The topological polar surface area (TPSA) is 54.5 Å². The van der Waals surface area contributed by atoms with E-state index in [9.17, 15) is 4.39 Å². The molecule has 4 nitrogen and oxygen atoms in total. The fourth-order valence-corrected chi connectivity index (χ4v) is 2.54. The van der Waals surface area contributed by atoms with Crippen LogP contribution < -0.4 is 10.7 Å². The van der Waals surface area contributed by atoms with Gasteiger partial charge in [-0.05, 0) is 42.8 Å². The van der Waals surface area contributed by atoms with Gasteiger partial charge in [-0.2, -0.15) is 5.10 Å². The molecule has 0 saturated heterocycles. The summed E-state index contributed by atoms with van der Waals surface area (Å²) in [7, 11) is 0. The second-order valence-electron chi connectivity index (χ2n) is 5.01. The lowest BCUT2D eigenvalue weighted by Crippen LogP contribution is -2.19. The van der Waals surface area contributed by atoms with Crippen molar-refractivity contribution < 1.29 is 4.39 Å². The molecule has 21 heavy (non-hydrogen) atoms. The van der Waals surface area contributed by atoms with E-state index in [0.29, 0.717) is 6.54 Å². The molecule has 5 heteroatoms. The first kappa shape index (κ1) is 13.7. The molecule has 0 aliphatic carbocycles. The fourth-order valence-electron chi connectivity index (χ4n) is 2.54. The summed E-state index contributed by atoms with van der Waals surface area (Å²) < 4.78 is 13.1. The SMILES string of the molecule is NCCC1=NN(c2ccccn2)C(c2ccc(F)cc2)C1. The maximum Gasteiger partial charge on any atom is 0.149 e. The monoisotopic (exact) mass is 284 g/mol. The summed E-state index contributed by atoms with van der Waals surface area (Å²) in [4.78, 5) is 4.36. The highest BCUT2D eigenvalue weighted by Crippen LogP contribution is 2.34. The highest BCUT2D eigenvalue weighted by Gasteiger charge is 2.29. The minimum absolute atomic E-state index is 0.0436. The lowest BCUT2D eigenvalue weighted by atomic mass is 10.0. The molecule has 1 unspecified atom stereocenters. The van der Waals surface area contributed by atoms with Crippen molar-refractivity contribution in [2.24, 2.45) is 10.8 Å². The summed E-state index contributed by atoms with van der Waals surface area (Å²) in [5, 5.41) is 6.54. The van der Waals surface area contributed by atoms with Crippen molar-refractivity contribution in [2.75, 3.05) is 11.6 Å². The smallest absolute Gasteiger partial charge is 0.149 e. The number of rotatable bonds is 4. The van der Waals surface area contributed by atoms with Gasteiger partial charge in [-0.25, -0.2) is 14.4 Å². The molecular weight excluding hydrogens is 267 g/mol. The molecule has 1 aromatic heterocycles. The van der Waals surface area contributed by atoms with Crippen LogP contribution in [0.2, 0.25) is 0 Å². The van der Waals surface area contributed by atoms with Gasteiger partial charge in [0.1, 0.15) is 11.6 Å². The van der Waals surface area contributed by atoms with E-state index < -0.39 is 0 Å². The molecule has 0 radical (unpaired) electrons. The van der Waals surface area contributed by atoms with Crippen molar-refractivity contribution in [1.82, 2.24) is 4.98 Å². The number of benzene rings is 1. The third-order valence-electron chi connectivity index (χ3n) is 3.55. The van der Waals surface area contributed by atoms with Crippen LogP contribution in [0.4, 0.5) is 10.2 Å². The largest absolute Gasteiger partial charge is 0.330 e. The van der Waals surface area contributed by atoms with Crippen LogP contribution in [0.15, 0.2) is 53.8 Å². The summed E-state index contributed by atoms with van der Waals surface area (Å²) in [5.41, 5.74) is 7.71. The van der Waals surface area contributed by atoms with Gasteiger partial charge in [0.25, 0.3) is 0 Å². The second-order valence-corrected chi connectivity index (χ2v) is 5.01. The van der Waals surface area contributed by atoms with Gasteiger partial charge in [0, 0.05) is 18.3 Å². The Morgan fingerprint density at radius 1 is 1.19 bits per heavy atom. The van der Waals surface area contributed by atoms with Crippen molar-refractivity contribution in [3.05, 3.63) is 60.0 Å². The predicted octanol–water partition coefficient (Wildman–Crippen LogP) is 2.88. The first-order valence-electron chi connectivity index (χ1n) is 7.00. The van der Waals surface area contributed by atoms with Crippen LogP contribution in [0, 0.1) is 5.82 Å². The van der Waals surface area contributed by atoms with E-state index in [1.54, 1.807) is 18.3 Å². The Bertz CT molecular complexity index is 624. The van der Waals surface area contributed by atoms with Crippen LogP contribution in [-0.2, 0) is 0 Å². The molecule has 0 saturated carbocycles. The highest BCUT2D eigenvalue weighted by atomic mass is 19.1. The third kappa shape index (κ3) is 2.92. The summed E-state index contributed by atoms with van der Waals surface area (Å²) in [6, 6.07) is 12.3. The summed E-state index contributed by atoms with van der Waals surface area (Å²) >= 11 is 0. The van der Waals surface area contributed by atoms with E-state index in [0.717, 1.165) is 29.9 Å². The molecule has 0 amide bonds. The standard InChI is InChI=1S/C16H17FN4/c17-13-6-4-12(5-7-13)15-11-14(8-9-18)20-21(15)16-3-1-2-10-19-16/h1-7,10,15H,8-9,11,18H2. The number of hydrogen-bond acceptors (Lipinski definition) is 4. The molecule has 1 atom stereocenters. The van der Waals surface area contributed by atoms with Gasteiger partial charge >= 0.3 is 0 Å². The lowest BCUT2D eigenvalue weighted by Gasteiger charge is -2.22. The van der Waals surface area contributed by atoms with Crippen LogP contribution in [-0.4, -0.2) is 17.2 Å². The fraction of sp³-hybridized carbons (Fsp3) is 0.250. The lowest BCUT2D eigenvalue weighted by molar-refractivity contribution is 0.623. The van der Waals surface area contributed by atoms with E-state index in [-0.39, 0.29) is 11.9 Å². The van der Waals surface area contributed by atoms with Crippen molar-refractivity contribution in [1.29, 1.82) is 0 Å². The minimum Gasteiger partial charge on any atom is -0.330 e. The zero-order valence-corrected chi connectivity index (χ0v) is 11.6.